The van der Waals surface area contributed by atoms with Gasteiger partial charge >= 0.3 is 0 Å². The van der Waals surface area contributed by atoms with Crippen LogP contribution in [0.15, 0.2) is 18.2 Å². The van der Waals surface area contributed by atoms with Crippen molar-refractivity contribution < 1.29 is 13.6 Å². The molecule has 1 atom stereocenters. The maximum absolute atomic E-state index is 13.8. The number of amides is 1. The second-order valence-electron chi connectivity index (χ2n) is 5.44. The molecule has 116 valence electrons. The van der Waals surface area contributed by atoms with Crippen LogP contribution >= 0.6 is 11.8 Å². The number of hydrogen-bond acceptors (Lipinski definition) is 3. The maximum Gasteiger partial charge on any atom is 0.260 e. The zero-order chi connectivity index (χ0) is 15.4. The summed E-state index contributed by atoms with van der Waals surface area (Å²) < 4.78 is 27.7. The molecule has 1 aromatic carbocycles. The number of thioether (sulfide) groups is 1. The highest BCUT2D eigenvalue weighted by atomic mass is 32.2. The van der Waals surface area contributed by atoms with Gasteiger partial charge in [0.1, 0.15) is 17.2 Å². The molecule has 1 unspecified atom stereocenters. The van der Waals surface area contributed by atoms with Crippen LogP contribution < -0.4 is 0 Å². The molecule has 0 saturated carbocycles. The molecule has 1 aliphatic heterocycles. The van der Waals surface area contributed by atoms with Gasteiger partial charge in [-0.15, -0.1) is 0 Å². The molecular formula is C15H20F2N2OS. The normalized spacial score (nSPS) is 19.7. The van der Waals surface area contributed by atoms with Gasteiger partial charge in [0.25, 0.3) is 5.91 Å². The Balaban J connectivity index is 2.29. The van der Waals surface area contributed by atoms with Crippen molar-refractivity contribution in [2.24, 2.45) is 0 Å². The molecule has 21 heavy (non-hydrogen) atoms. The van der Waals surface area contributed by atoms with Crippen molar-refractivity contribution in [2.75, 3.05) is 38.7 Å². The zero-order valence-corrected chi connectivity index (χ0v) is 13.1. The molecule has 0 aromatic heterocycles. The number of hydrogen-bond donors (Lipinski definition) is 0. The van der Waals surface area contributed by atoms with Gasteiger partial charge in [0.2, 0.25) is 0 Å². The number of carbonyl (C=O) groups is 1. The molecule has 0 bridgehead atoms. The first-order valence-electron chi connectivity index (χ1n) is 6.98. The smallest absolute Gasteiger partial charge is 0.260 e. The lowest BCUT2D eigenvalue weighted by Gasteiger charge is -2.32. The van der Waals surface area contributed by atoms with Crippen LogP contribution in [0.1, 0.15) is 16.8 Å². The van der Waals surface area contributed by atoms with E-state index in [0.29, 0.717) is 13.1 Å². The third-order valence-corrected chi connectivity index (χ3v) is 4.65. The van der Waals surface area contributed by atoms with E-state index in [4.69, 9.17) is 0 Å². The summed E-state index contributed by atoms with van der Waals surface area (Å²) in [4.78, 5) is 16.2. The molecular weight excluding hydrogens is 294 g/mol. The lowest BCUT2D eigenvalue weighted by Crippen LogP contribution is -2.47. The highest BCUT2D eigenvalue weighted by Crippen LogP contribution is 2.22. The van der Waals surface area contributed by atoms with Crippen molar-refractivity contribution in [1.29, 1.82) is 0 Å². The number of nitrogens with zero attached hydrogens (tertiary/aromatic N) is 2. The van der Waals surface area contributed by atoms with Crippen LogP contribution in [0.3, 0.4) is 0 Å². The molecule has 1 saturated heterocycles. The van der Waals surface area contributed by atoms with Crippen LogP contribution in [0.25, 0.3) is 0 Å². The summed E-state index contributed by atoms with van der Waals surface area (Å²) in [6.07, 6.45) is 0.844. The first-order valence-corrected chi connectivity index (χ1v) is 8.13. The Kier molecular flexibility index (Phi) is 5.58. The Bertz CT molecular complexity index is 490. The summed E-state index contributed by atoms with van der Waals surface area (Å²) in [7, 11) is 3.86. The van der Waals surface area contributed by atoms with Crippen LogP contribution in [0.2, 0.25) is 0 Å². The largest absolute Gasteiger partial charge is 0.333 e. The van der Waals surface area contributed by atoms with Crippen LogP contribution in [-0.4, -0.2) is 60.4 Å². The second kappa shape index (κ2) is 7.22. The van der Waals surface area contributed by atoms with E-state index in [-0.39, 0.29) is 6.04 Å². The van der Waals surface area contributed by atoms with Gasteiger partial charge in [-0.05, 0) is 38.4 Å². The van der Waals surface area contributed by atoms with E-state index in [0.717, 1.165) is 30.1 Å². The minimum atomic E-state index is -0.791. The minimum Gasteiger partial charge on any atom is -0.333 e. The van der Waals surface area contributed by atoms with Gasteiger partial charge in [-0.25, -0.2) is 8.78 Å². The third-order valence-electron chi connectivity index (χ3n) is 3.45. The van der Waals surface area contributed by atoms with Gasteiger partial charge in [-0.3, -0.25) is 4.79 Å². The van der Waals surface area contributed by atoms with Crippen molar-refractivity contribution in [3.8, 4) is 0 Å². The molecule has 1 aromatic rings. The fourth-order valence-corrected chi connectivity index (χ4v) is 3.57. The van der Waals surface area contributed by atoms with Gasteiger partial charge in [0, 0.05) is 18.8 Å². The predicted molar refractivity (Wildman–Crippen MR) is 81.7 cm³/mol. The maximum atomic E-state index is 13.8. The zero-order valence-electron chi connectivity index (χ0n) is 12.3. The van der Waals surface area contributed by atoms with Crippen molar-refractivity contribution in [1.82, 2.24) is 9.80 Å². The molecule has 1 fully saturated rings. The van der Waals surface area contributed by atoms with Crippen LogP contribution in [-0.2, 0) is 0 Å². The Morgan fingerprint density at radius 1 is 1.38 bits per heavy atom. The molecule has 1 heterocycles. The molecule has 0 aliphatic carbocycles. The average molecular weight is 314 g/mol. The van der Waals surface area contributed by atoms with E-state index >= 15 is 0 Å². The topological polar surface area (TPSA) is 23.6 Å². The Labute approximate surface area is 128 Å². The quantitative estimate of drug-likeness (QED) is 0.856. The molecule has 1 aliphatic rings. The molecule has 0 spiro atoms. The van der Waals surface area contributed by atoms with Crippen LogP contribution in [0.4, 0.5) is 8.78 Å². The summed E-state index contributed by atoms with van der Waals surface area (Å²) in [5, 5.41) is 0. The standard InChI is InChI=1S/C15H20F2N2OS/c1-18(2)9-11-10-21-8-4-7-19(11)15(20)14-12(16)5-3-6-13(14)17/h3,5-6,11H,4,7-10H2,1-2H3. The second-order valence-corrected chi connectivity index (χ2v) is 6.59. The number of carbonyl (C=O) groups excluding carboxylic acids is 1. The van der Waals surface area contributed by atoms with Crippen molar-refractivity contribution in [3.05, 3.63) is 35.4 Å². The third kappa shape index (κ3) is 3.95. The van der Waals surface area contributed by atoms with Crippen molar-refractivity contribution in [2.45, 2.75) is 12.5 Å². The molecule has 6 heteroatoms. The first kappa shape index (κ1) is 16.2. The fraction of sp³-hybridized carbons (Fsp3) is 0.533. The van der Waals surface area contributed by atoms with E-state index in [1.807, 2.05) is 19.0 Å². The summed E-state index contributed by atoms with van der Waals surface area (Å²) in [5.41, 5.74) is -0.437. The Hall–Kier alpha value is -1.14. The molecule has 0 radical (unpaired) electrons. The lowest BCUT2D eigenvalue weighted by atomic mass is 10.1. The van der Waals surface area contributed by atoms with Gasteiger partial charge < -0.3 is 9.80 Å². The molecule has 0 N–H and O–H groups in total. The SMILES string of the molecule is CN(C)CC1CSCCCN1C(=O)c1c(F)cccc1F. The first-order chi connectivity index (χ1) is 10.0. The predicted octanol–water partition coefficient (Wildman–Crippen LogP) is 2.47. The van der Waals surface area contributed by atoms with E-state index in [9.17, 15) is 13.6 Å². The van der Waals surface area contributed by atoms with Crippen molar-refractivity contribution >= 4 is 17.7 Å². The van der Waals surface area contributed by atoms with Gasteiger partial charge in [-0.1, -0.05) is 6.07 Å². The summed E-state index contributed by atoms with van der Waals surface area (Å²) in [6, 6.07) is 3.50. The Morgan fingerprint density at radius 2 is 2.05 bits per heavy atom. The number of rotatable bonds is 3. The van der Waals surface area contributed by atoms with Crippen LogP contribution in [0.5, 0.6) is 0 Å². The molecule has 2 rings (SSSR count). The number of likely N-dealkylation sites (N-methyl/N-ethyl adjacent to an activating group) is 1. The summed E-state index contributed by atoms with van der Waals surface area (Å²) in [6.45, 7) is 1.23. The molecule has 1 amide bonds. The summed E-state index contributed by atoms with van der Waals surface area (Å²) >= 11 is 1.78. The van der Waals surface area contributed by atoms with Gasteiger partial charge in [0.05, 0.1) is 6.04 Å². The summed E-state index contributed by atoms with van der Waals surface area (Å²) in [5.74, 6) is -0.367. The van der Waals surface area contributed by atoms with Gasteiger partial charge in [0.15, 0.2) is 0 Å². The monoisotopic (exact) mass is 314 g/mol. The van der Waals surface area contributed by atoms with Crippen molar-refractivity contribution in [3.63, 3.8) is 0 Å². The number of halogens is 2. The highest BCUT2D eigenvalue weighted by Gasteiger charge is 2.30. The van der Waals surface area contributed by atoms with Crippen LogP contribution in [0, 0.1) is 11.6 Å². The van der Waals surface area contributed by atoms with E-state index in [1.54, 1.807) is 16.7 Å². The van der Waals surface area contributed by atoms with E-state index in [1.165, 1.54) is 6.07 Å². The fourth-order valence-electron chi connectivity index (χ4n) is 2.51. The van der Waals surface area contributed by atoms with E-state index < -0.39 is 23.1 Å². The van der Waals surface area contributed by atoms with Gasteiger partial charge in [-0.2, -0.15) is 11.8 Å². The highest BCUT2D eigenvalue weighted by molar-refractivity contribution is 7.99. The van der Waals surface area contributed by atoms with E-state index in [2.05, 4.69) is 0 Å². The minimum absolute atomic E-state index is 0.0287. The average Bonchev–Trinajstić information content (AvgIpc) is 2.63. The molecule has 3 nitrogen and oxygen atoms in total. The Morgan fingerprint density at radius 3 is 2.67 bits per heavy atom. The number of benzene rings is 1. The lowest BCUT2D eigenvalue weighted by molar-refractivity contribution is 0.0665.